The van der Waals surface area contributed by atoms with Gasteiger partial charge < -0.3 is 15.0 Å². The van der Waals surface area contributed by atoms with Gasteiger partial charge in [-0.15, -0.1) is 0 Å². The number of hydrogen-bond donors (Lipinski definition) is 1. The highest BCUT2D eigenvalue weighted by molar-refractivity contribution is 5.80. The summed E-state index contributed by atoms with van der Waals surface area (Å²) in [6.07, 6.45) is 3.33. The van der Waals surface area contributed by atoms with E-state index in [0.29, 0.717) is 12.6 Å². The first-order valence-corrected chi connectivity index (χ1v) is 8.09. The quantitative estimate of drug-likeness (QED) is 0.729. The first-order chi connectivity index (χ1) is 9.42. The molecule has 0 aromatic heterocycles. The molecule has 0 amide bonds. The van der Waals surface area contributed by atoms with Crippen LogP contribution in [0.25, 0.3) is 0 Å². The molecule has 0 aromatic carbocycles. The Morgan fingerprint density at radius 2 is 2.10 bits per heavy atom. The zero-order valence-corrected chi connectivity index (χ0v) is 13.9. The molecule has 3 atom stereocenters. The Kier molecular flexibility index (Phi) is 6.96. The topological polar surface area (TPSA) is 41.6 Å². The third-order valence-electron chi connectivity index (χ3n) is 4.47. The van der Waals surface area contributed by atoms with Crippen LogP contribution in [0.1, 0.15) is 53.9 Å². The van der Waals surface area contributed by atoms with Crippen molar-refractivity contribution in [3.63, 3.8) is 0 Å². The van der Waals surface area contributed by atoms with Gasteiger partial charge in [-0.2, -0.15) is 0 Å². The number of piperidine rings is 1. The van der Waals surface area contributed by atoms with E-state index in [1.807, 2.05) is 20.8 Å². The van der Waals surface area contributed by atoms with Crippen LogP contribution in [-0.4, -0.2) is 48.7 Å². The standard InChI is InChI=1S/C16H32N2O2/c1-6-17-16(5,15(19)20-7-2)9-11-18-10-8-13(3)12-14(18)4/h13-14,17H,6-12H2,1-5H3. The van der Waals surface area contributed by atoms with Gasteiger partial charge in [0.15, 0.2) is 0 Å². The molecule has 1 rings (SSSR count). The van der Waals surface area contributed by atoms with Crippen LogP contribution in [0.4, 0.5) is 0 Å². The van der Waals surface area contributed by atoms with E-state index in [4.69, 9.17) is 4.74 Å². The molecular formula is C16H32N2O2. The summed E-state index contributed by atoms with van der Waals surface area (Å²) in [5, 5.41) is 3.31. The van der Waals surface area contributed by atoms with Crippen molar-refractivity contribution >= 4 is 5.97 Å². The number of rotatable bonds is 7. The minimum Gasteiger partial charge on any atom is -0.465 e. The predicted molar refractivity (Wildman–Crippen MR) is 82.8 cm³/mol. The van der Waals surface area contributed by atoms with E-state index in [1.165, 1.54) is 12.8 Å². The molecule has 1 fully saturated rings. The second-order valence-electron chi connectivity index (χ2n) is 6.35. The number of hydrogen-bond acceptors (Lipinski definition) is 4. The number of nitrogens with one attached hydrogen (secondary N) is 1. The normalized spacial score (nSPS) is 27.1. The number of esters is 1. The van der Waals surface area contributed by atoms with Gasteiger partial charge in [-0.25, -0.2) is 0 Å². The van der Waals surface area contributed by atoms with Crippen LogP contribution in [0.15, 0.2) is 0 Å². The molecule has 0 spiro atoms. The summed E-state index contributed by atoms with van der Waals surface area (Å²) in [5.74, 6) is 0.700. The molecule has 1 heterocycles. The van der Waals surface area contributed by atoms with Crippen LogP contribution in [0.2, 0.25) is 0 Å². The first-order valence-electron chi connectivity index (χ1n) is 8.09. The second-order valence-corrected chi connectivity index (χ2v) is 6.35. The fourth-order valence-corrected chi connectivity index (χ4v) is 3.10. The molecule has 0 saturated carbocycles. The lowest BCUT2D eigenvalue weighted by Gasteiger charge is -2.38. The highest BCUT2D eigenvalue weighted by atomic mass is 16.5. The average Bonchev–Trinajstić information content (AvgIpc) is 2.38. The second kappa shape index (κ2) is 7.99. The van der Waals surface area contributed by atoms with E-state index in [-0.39, 0.29) is 5.97 Å². The van der Waals surface area contributed by atoms with Crippen LogP contribution in [0.5, 0.6) is 0 Å². The largest absolute Gasteiger partial charge is 0.465 e. The van der Waals surface area contributed by atoms with E-state index in [2.05, 4.69) is 24.1 Å². The van der Waals surface area contributed by atoms with E-state index >= 15 is 0 Å². The van der Waals surface area contributed by atoms with Gasteiger partial charge in [0.1, 0.15) is 5.54 Å². The lowest BCUT2D eigenvalue weighted by atomic mass is 9.91. The van der Waals surface area contributed by atoms with Crippen LogP contribution >= 0.6 is 0 Å². The van der Waals surface area contributed by atoms with Crippen LogP contribution < -0.4 is 5.32 Å². The van der Waals surface area contributed by atoms with Crippen molar-refractivity contribution in [1.82, 2.24) is 10.2 Å². The zero-order valence-electron chi connectivity index (χ0n) is 13.9. The number of carbonyl (C=O) groups excluding carboxylic acids is 1. The summed E-state index contributed by atoms with van der Waals surface area (Å²) in [5.41, 5.74) is -0.562. The molecule has 20 heavy (non-hydrogen) atoms. The SMILES string of the molecule is CCNC(C)(CCN1CCC(C)CC1C)C(=O)OCC. The maximum absolute atomic E-state index is 12.2. The van der Waals surface area contributed by atoms with Crippen molar-refractivity contribution < 1.29 is 9.53 Å². The monoisotopic (exact) mass is 284 g/mol. The highest BCUT2D eigenvalue weighted by Crippen LogP contribution is 2.23. The van der Waals surface area contributed by atoms with E-state index < -0.39 is 5.54 Å². The summed E-state index contributed by atoms with van der Waals surface area (Å²) < 4.78 is 5.22. The molecule has 3 unspecified atom stereocenters. The molecular weight excluding hydrogens is 252 g/mol. The molecule has 0 bridgehead atoms. The Labute approximate surface area is 124 Å². The minimum absolute atomic E-state index is 0.125. The van der Waals surface area contributed by atoms with E-state index in [9.17, 15) is 4.79 Å². The molecule has 118 valence electrons. The summed E-state index contributed by atoms with van der Waals surface area (Å²) in [4.78, 5) is 14.7. The van der Waals surface area contributed by atoms with Gasteiger partial charge in [-0.3, -0.25) is 4.79 Å². The summed E-state index contributed by atoms with van der Waals surface area (Å²) in [6.45, 7) is 13.8. The van der Waals surface area contributed by atoms with Crippen LogP contribution in [0, 0.1) is 5.92 Å². The van der Waals surface area contributed by atoms with Crippen molar-refractivity contribution in [1.29, 1.82) is 0 Å². The van der Waals surface area contributed by atoms with Gasteiger partial charge in [0.05, 0.1) is 6.61 Å². The Hall–Kier alpha value is -0.610. The lowest BCUT2D eigenvalue weighted by molar-refractivity contribution is -0.151. The minimum atomic E-state index is -0.562. The molecule has 1 aliphatic rings. The number of ether oxygens (including phenoxy) is 1. The van der Waals surface area contributed by atoms with Crippen molar-refractivity contribution in [3.05, 3.63) is 0 Å². The maximum Gasteiger partial charge on any atom is 0.326 e. The fourth-order valence-electron chi connectivity index (χ4n) is 3.10. The molecule has 1 saturated heterocycles. The Morgan fingerprint density at radius 3 is 2.65 bits per heavy atom. The number of likely N-dealkylation sites (tertiary alicyclic amines) is 1. The number of carbonyl (C=O) groups is 1. The van der Waals surface area contributed by atoms with Crippen molar-refractivity contribution in [2.45, 2.75) is 65.5 Å². The summed E-state index contributed by atoms with van der Waals surface area (Å²) in [7, 11) is 0. The van der Waals surface area contributed by atoms with Crippen molar-refractivity contribution in [3.8, 4) is 0 Å². The van der Waals surface area contributed by atoms with Crippen LogP contribution in [0.3, 0.4) is 0 Å². The fraction of sp³-hybridized carbons (Fsp3) is 0.938. The van der Waals surface area contributed by atoms with Gasteiger partial charge >= 0.3 is 5.97 Å². The Morgan fingerprint density at radius 1 is 1.40 bits per heavy atom. The van der Waals surface area contributed by atoms with Gasteiger partial charge in [-0.05, 0) is 59.0 Å². The van der Waals surface area contributed by atoms with E-state index in [1.54, 1.807) is 0 Å². The Bertz CT molecular complexity index is 309. The molecule has 4 heteroatoms. The number of likely N-dealkylation sites (N-methyl/N-ethyl adjacent to an activating group) is 1. The molecule has 0 aromatic rings. The molecule has 0 aliphatic carbocycles. The predicted octanol–water partition coefficient (Wildman–Crippen LogP) is 2.43. The zero-order chi connectivity index (χ0) is 15.2. The molecule has 4 nitrogen and oxygen atoms in total. The van der Waals surface area contributed by atoms with Crippen molar-refractivity contribution in [2.24, 2.45) is 5.92 Å². The highest BCUT2D eigenvalue weighted by Gasteiger charge is 2.35. The third-order valence-corrected chi connectivity index (χ3v) is 4.47. The average molecular weight is 284 g/mol. The van der Waals surface area contributed by atoms with Gasteiger partial charge in [0.2, 0.25) is 0 Å². The van der Waals surface area contributed by atoms with Gasteiger partial charge in [0.25, 0.3) is 0 Å². The Balaban J connectivity index is 2.56. The summed E-state index contributed by atoms with van der Waals surface area (Å²) in [6, 6.07) is 0.617. The number of nitrogens with zero attached hydrogens (tertiary/aromatic N) is 1. The molecule has 0 radical (unpaired) electrons. The smallest absolute Gasteiger partial charge is 0.326 e. The lowest BCUT2D eigenvalue weighted by Crippen LogP contribution is -2.53. The molecule has 1 aliphatic heterocycles. The maximum atomic E-state index is 12.2. The van der Waals surface area contributed by atoms with Crippen LogP contribution in [-0.2, 0) is 9.53 Å². The third kappa shape index (κ3) is 4.74. The molecule has 1 N–H and O–H groups in total. The van der Waals surface area contributed by atoms with Gasteiger partial charge in [-0.1, -0.05) is 13.8 Å². The van der Waals surface area contributed by atoms with Crippen molar-refractivity contribution in [2.75, 3.05) is 26.2 Å². The summed E-state index contributed by atoms with van der Waals surface area (Å²) >= 11 is 0. The first kappa shape index (κ1) is 17.4. The van der Waals surface area contributed by atoms with Gasteiger partial charge in [0, 0.05) is 12.6 Å². The van der Waals surface area contributed by atoms with E-state index in [0.717, 1.165) is 32.0 Å².